The summed E-state index contributed by atoms with van der Waals surface area (Å²) >= 11 is 5.82. The second kappa shape index (κ2) is 7.06. The van der Waals surface area contributed by atoms with Crippen LogP contribution in [0.25, 0.3) is 11.1 Å². The Morgan fingerprint density at radius 3 is 2.43 bits per heavy atom. The number of hydrogen-bond acceptors (Lipinski definition) is 3. The minimum Gasteiger partial charge on any atom is -0.488 e. The van der Waals surface area contributed by atoms with Gasteiger partial charge in [0.1, 0.15) is 12.4 Å². The number of alkyl halides is 3. The fourth-order valence-electron chi connectivity index (χ4n) is 1.88. The van der Waals surface area contributed by atoms with Crippen molar-refractivity contribution in [3.8, 4) is 22.6 Å². The Morgan fingerprint density at radius 1 is 1.04 bits per heavy atom. The zero-order valence-electron chi connectivity index (χ0n) is 11.7. The molecule has 3 nitrogen and oxygen atoms in total. The minimum absolute atomic E-state index is 0.0182. The second-order valence-corrected chi connectivity index (χ2v) is 4.91. The number of ether oxygens (including phenoxy) is 2. The molecule has 2 aromatic carbocycles. The first-order chi connectivity index (χ1) is 10.8. The summed E-state index contributed by atoms with van der Waals surface area (Å²) in [5.74, 6) is -1.29. The Kier molecular flexibility index (Phi) is 5.33. The van der Waals surface area contributed by atoms with Crippen LogP contribution in [0.15, 0.2) is 36.4 Å². The van der Waals surface area contributed by atoms with Crippen LogP contribution in [0.2, 0.25) is 5.02 Å². The van der Waals surface area contributed by atoms with Crippen molar-refractivity contribution in [1.29, 1.82) is 0 Å². The highest BCUT2D eigenvalue weighted by molar-refractivity contribution is 6.30. The summed E-state index contributed by atoms with van der Waals surface area (Å²) in [7, 11) is 0. The maximum absolute atomic E-state index is 13.9. The molecule has 2 rings (SSSR count). The maximum Gasteiger partial charge on any atom is 0.573 e. The van der Waals surface area contributed by atoms with Crippen LogP contribution in [0.4, 0.5) is 17.6 Å². The number of nitrogens with two attached hydrogens (primary N) is 1. The molecule has 0 saturated carbocycles. The quantitative estimate of drug-likeness (QED) is 0.815. The Hall–Kier alpha value is -1.99. The summed E-state index contributed by atoms with van der Waals surface area (Å²) in [5.41, 5.74) is 5.71. The van der Waals surface area contributed by atoms with E-state index in [1.165, 1.54) is 24.3 Å². The average molecular weight is 350 g/mol. The molecule has 0 spiro atoms. The summed E-state index contributed by atoms with van der Waals surface area (Å²) in [4.78, 5) is 0. The van der Waals surface area contributed by atoms with Crippen molar-refractivity contribution in [1.82, 2.24) is 0 Å². The standard InChI is InChI=1S/C15H12ClF4NO2/c16-10-2-3-12(17)11(8-10)9-1-4-13(23-15(18,19)20)14(7-9)22-6-5-21/h1-4,7-8H,5-6,21H2. The molecule has 23 heavy (non-hydrogen) atoms. The Labute approximate surface area is 134 Å². The van der Waals surface area contributed by atoms with E-state index in [2.05, 4.69) is 4.74 Å². The summed E-state index contributed by atoms with van der Waals surface area (Å²) in [6.07, 6.45) is -4.87. The van der Waals surface area contributed by atoms with E-state index < -0.39 is 17.9 Å². The van der Waals surface area contributed by atoms with E-state index in [1.807, 2.05) is 0 Å². The fraction of sp³-hybridized carbons (Fsp3) is 0.200. The summed E-state index contributed by atoms with van der Waals surface area (Å²) in [5, 5.41) is 0.293. The van der Waals surface area contributed by atoms with Gasteiger partial charge in [-0.2, -0.15) is 0 Å². The van der Waals surface area contributed by atoms with Crippen molar-refractivity contribution in [3.63, 3.8) is 0 Å². The van der Waals surface area contributed by atoms with Crippen LogP contribution >= 0.6 is 11.6 Å². The molecular formula is C15H12ClF4NO2. The van der Waals surface area contributed by atoms with Crippen molar-refractivity contribution in [3.05, 3.63) is 47.2 Å². The Morgan fingerprint density at radius 2 is 1.78 bits per heavy atom. The molecule has 0 aliphatic heterocycles. The molecule has 0 radical (unpaired) electrons. The van der Waals surface area contributed by atoms with Crippen LogP contribution in [0.3, 0.4) is 0 Å². The van der Waals surface area contributed by atoms with E-state index in [0.29, 0.717) is 10.6 Å². The number of hydrogen-bond donors (Lipinski definition) is 1. The molecule has 8 heteroatoms. The molecule has 0 aromatic heterocycles. The maximum atomic E-state index is 13.9. The summed E-state index contributed by atoms with van der Waals surface area (Å²) in [6.45, 7) is 0.0803. The molecule has 0 bridgehead atoms. The molecule has 2 aromatic rings. The third-order valence-corrected chi connectivity index (χ3v) is 3.02. The van der Waals surface area contributed by atoms with E-state index >= 15 is 0 Å². The SMILES string of the molecule is NCCOc1cc(-c2cc(Cl)ccc2F)ccc1OC(F)(F)F. The van der Waals surface area contributed by atoms with Gasteiger partial charge in [0.15, 0.2) is 11.5 Å². The van der Waals surface area contributed by atoms with Gasteiger partial charge in [-0.25, -0.2) is 4.39 Å². The van der Waals surface area contributed by atoms with E-state index in [4.69, 9.17) is 22.1 Å². The van der Waals surface area contributed by atoms with Crippen molar-refractivity contribution < 1.29 is 27.0 Å². The van der Waals surface area contributed by atoms with Gasteiger partial charge in [-0.1, -0.05) is 17.7 Å². The van der Waals surface area contributed by atoms with Crippen molar-refractivity contribution in [2.45, 2.75) is 6.36 Å². The highest BCUT2D eigenvalue weighted by Crippen LogP contribution is 2.37. The van der Waals surface area contributed by atoms with E-state index in [-0.39, 0.29) is 24.5 Å². The first-order valence-electron chi connectivity index (χ1n) is 6.48. The Balaban J connectivity index is 2.44. The predicted molar refractivity (Wildman–Crippen MR) is 78.1 cm³/mol. The molecule has 0 amide bonds. The van der Waals surface area contributed by atoms with Gasteiger partial charge < -0.3 is 15.2 Å². The van der Waals surface area contributed by atoms with Crippen LogP contribution in [-0.4, -0.2) is 19.5 Å². The highest BCUT2D eigenvalue weighted by atomic mass is 35.5. The summed E-state index contributed by atoms with van der Waals surface area (Å²) in [6, 6.07) is 7.47. The predicted octanol–water partition coefficient (Wildman–Crippen LogP) is 4.38. The van der Waals surface area contributed by atoms with Gasteiger partial charge in [-0.3, -0.25) is 0 Å². The lowest BCUT2D eigenvalue weighted by Crippen LogP contribution is -2.18. The molecule has 0 saturated heterocycles. The van der Waals surface area contributed by atoms with Gasteiger partial charge in [0.2, 0.25) is 0 Å². The van der Waals surface area contributed by atoms with Crippen LogP contribution in [0, 0.1) is 5.82 Å². The molecule has 0 atom stereocenters. The number of rotatable bonds is 5. The molecule has 0 unspecified atom stereocenters. The zero-order chi connectivity index (χ0) is 17.0. The molecular weight excluding hydrogens is 338 g/mol. The van der Waals surface area contributed by atoms with Gasteiger partial charge in [0, 0.05) is 17.1 Å². The van der Waals surface area contributed by atoms with Gasteiger partial charge in [-0.15, -0.1) is 13.2 Å². The molecule has 0 heterocycles. The molecule has 0 aliphatic carbocycles. The second-order valence-electron chi connectivity index (χ2n) is 4.47. The van der Waals surface area contributed by atoms with E-state index in [9.17, 15) is 17.6 Å². The largest absolute Gasteiger partial charge is 0.573 e. The topological polar surface area (TPSA) is 44.5 Å². The molecule has 0 aliphatic rings. The zero-order valence-corrected chi connectivity index (χ0v) is 12.4. The third-order valence-electron chi connectivity index (χ3n) is 2.78. The monoisotopic (exact) mass is 349 g/mol. The molecule has 0 fully saturated rings. The lowest BCUT2D eigenvalue weighted by atomic mass is 10.0. The first-order valence-corrected chi connectivity index (χ1v) is 6.86. The van der Waals surface area contributed by atoms with Gasteiger partial charge in [-0.05, 0) is 35.9 Å². The van der Waals surface area contributed by atoms with Gasteiger partial charge in [0.05, 0.1) is 0 Å². The lowest BCUT2D eigenvalue weighted by molar-refractivity contribution is -0.275. The van der Waals surface area contributed by atoms with Crippen molar-refractivity contribution in [2.24, 2.45) is 5.73 Å². The molecule has 124 valence electrons. The van der Waals surface area contributed by atoms with E-state index in [1.54, 1.807) is 0 Å². The first kappa shape index (κ1) is 17.4. The molecule has 2 N–H and O–H groups in total. The Bertz CT molecular complexity index is 692. The lowest BCUT2D eigenvalue weighted by Gasteiger charge is -2.15. The number of halogens is 5. The highest BCUT2D eigenvalue weighted by Gasteiger charge is 2.32. The third kappa shape index (κ3) is 4.74. The van der Waals surface area contributed by atoms with Crippen LogP contribution in [0.1, 0.15) is 0 Å². The van der Waals surface area contributed by atoms with Crippen LogP contribution in [-0.2, 0) is 0 Å². The smallest absolute Gasteiger partial charge is 0.488 e. The normalized spacial score (nSPS) is 11.4. The van der Waals surface area contributed by atoms with Gasteiger partial charge in [0.25, 0.3) is 0 Å². The van der Waals surface area contributed by atoms with Crippen molar-refractivity contribution >= 4 is 11.6 Å². The summed E-state index contributed by atoms with van der Waals surface area (Å²) < 4.78 is 60.1. The van der Waals surface area contributed by atoms with Crippen LogP contribution in [0.5, 0.6) is 11.5 Å². The average Bonchev–Trinajstić information content (AvgIpc) is 2.47. The minimum atomic E-state index is -4.87. The number of benzene rings is 2. The van der Waals surface area contributed by atoms with Gasteiger partial charge >= 0.3 is 6.36 Å². The van der Waals surface area contributed by atoms with Crippen LogP contribution < -0.4 is 15.2 Å². The van der Waals surface area contributed by atoms with Crippen molar-refractivity contribution in [2.75, 3.05) is 13.2 Å². The van der Waals surface area contributed by atoms with E-state index in [0.717, 1.165) is 12.1 Å². The fourth-order valence-corrected chi connectivity index (χ4v) is 2.06.